The molecule has 0 fully saturated rings. The van der Waals surface area contributed by atoms with Gasteiger partial charge in [-0.05, 0) is 17.7 Å². The van der Waals surface area contributed by atoms with E-state index in [2.05, 4.69) is 56.5 Å². The van der Waals surface area contributed by atoms with Gasteiger partial charge in [0.05, 0.1) is 0 Å². The first kappa shape index (κ1) is 13.2. The van der Waals surface area contributed by atoms with E-state index in [4.69, 9.17) is 4.43 Å². The van der Waals surface area contributed by atoms with Gasteiger partial charge in [-0.15, -0.1) is 6.58 Å². The quantitative estimate of drug-likeness (QED) is 0.657. The van der Waals surface area contributed by atoms with Crippen LogP contribution in [0.3, 0.4) is 0 Å². The first-order valence-electron chi connectivity index (χ1n) is 6.12. The van der Waals surface area contributed by atoms with E-state index in [0.29, 0.717) is 0 Å². The summed E-state index contributed by atoms with van der Waals surface area (Å²) in [5, 5.41) is 1.35. The Morgan fingerprint density at radius 3 is 2.38 bits per heavy atom. The molecule has 0 aliphatic rings. The summed E-state index contributed by atoms with van der Waals surface area (Å²) in [5.74, 6) is 0. The van der Waals surface area contributed by atoms with Crippen LogP contribution in [0.5, 0.6) is 0 Å². The standard InChI is InChI=1S/C14H22OSi/c1-4-12-15-16(6-3,13-5-2)14-10-8-7-9-11-14/h6-11H,3-5,12-13H2,1-2H3. The SMILES string of the molecule is C=C[Si](CCC)(OCCC)c1ccccc1. The Morgan fingerprint density at radius 1 is 1.19 bits per heavy atom. The van der Waals surface area contributed by atoms with Gasteiger partial charge in [-0.25, -0.2) is 0 Å². The maximum absolute atomic E-state index is 6.18. The van der Waals surface area contributed by atoms with Crippen LogP contribution in [0.1, 0.15) is 26.7 Å². The second kappa shape index (κ2) is 6.66. The molecule has 0 aliphatic carbocycles. The highest BCUT2D eigenvalue weighted by Gasteiger charge is 2.32. The molecule has 16 heavy (non-hydrogen) atoms. The van der Waals surface area contributed by atoms with Crippen molar-refractivity contribution in [2.24, 2.45) is 0 Å². The Balaban J connectivity index is 2.96. The number of hydrogen-bond donors (Lipinski definition) is 0. The van der Waals surface area contributed by atoms with Crippen LogP contribution in [-0.2, 0) is 4.43 Å². The van der Waals surface area contributed by atoms with Crippen LogP contribution < -0.4 is 5.19 Å². The van der Waals surface area contributed by atoms with Gasteiger partial charge < -0.3 is 4.43 Å². The van der Waals surface area contributed by atoms with E-state index >= 15 is 0 Å². The van der Waals surface area contributed by atoms with E-state index in [1.165, 1.54) is 5.19 Å². The lowest BCUT2D eigenvalue weighted by Gasteiger charge is -2.28. The maximum atomic E-state index is 6.18. The molecule has 0 bridgehead atoms. The van der Waals surface area contributed by atoms with E-state index in [-0.39, 0.29) is 0 Å². The summed E-state index contributed by atoms with van der Waals surface area (Å²) in [7, 11) is -1.90. The van der Waals surface area contributed by atoms with Crippen molar-refractivity contribution in [3.8, 4) is 0 Å². The Morgan fingerprint density at radius 2 is 1.88 bits per heavy atom. The average molecular weight is 234 g/mol. The largest absolute Gasteiger partial charge is 0.409 e. The summed E-state index contributed by atoms with van der Waals surface area (Å²) in [6, 6.07) is 11.7. The van der Waals surface area contributed by atoms with Gasteiger partial charge in [-0.1, -0.05) is 56.3 Å². The normalized spacial score (nSPS) is 14.4. The minimum atomic E-state index is -1.90. The lowest BCUT2D eigenvalue weighted by atomic mass is 10.4. The van der Waals surface area contributed by atoms with Gasteiger partial charge in [-0.2, -0.15) is 0 Å². The molecular weight excluding hydrogens is 212 g/mol. The Hall–Kier alpha value is -0.863. The van der Waals surface area contributed by atoms with E-state index < -0.39 is 8.32 Å². The Bertz CT molecular complexity index is 310. The molecular formula is C14H22OSi. The molecule has 1 atom stereocenters. The van der Waals surface area contributed by atoms with Gasteiger partial charge in [-0.3, -0.25) is 0 Å². The molecule has 1 rings (SSSR count). The molecule has 0 aromatic heterocycles. The highest BCUT2D eigenvalue weighted by atomic mass is 28.4. The topological polar surface area (TPSA) is 9.23 Å². The fourth-order valence-electron chi connectivity index (χ4n) is 1.95. The molecule has 0 amide bonds. The molecule has 1 aromatic carbocycles. The molecule has 0 saturated heterocycles. The molecule has 1 unspecified atom stereocenters. The Kier molecular flexibility index (Phi) is 5.50. The van der Waals surface area contributed by atoms with Crippen molar-refractivity contribution in [2.45, 2.75) is 32.7 Å². The molecule has 0 spiro atoms. The van der Waals surface area contributed by atoms with Gasteiger partial charge in [0, 0.05) is 6.61 Å². The van der Waals surface area contributed by atoms with E-state index in [0.717, 1.165) is 25.5 Å². The van der Waals surface area contributed by atoms with E-state index in [1.807, 2.05) is 0 Å². The zero-order valence-corrected chi connectivity index (χ0v) is 11.4. The lowest BCUT2D eigenvalue weighted by molar-refractivity contribution is 0.314. The van der Waals surface area contributed by atoms with Crippen molar-refractivity contribution >= 4 is 13.5 Å². The van der Waals surface area contributed by atoms with Crippen LogP contribution >= 0.6 is 0 Å². The minimum Gasteiger partial charge on any atom is -0.409 e. The maximum Gasteiger partial charge on any atom is 0.248 e. The minimum absolute atomic E-state index is 0.840. The summed E-state index contributed by atoms with van der Waals surface area (Å²) in [4.78, 5) is 0. The van der Waals surface area contributed by atoms with Crippen molar-refractivity contribution < 1.29 is 4.43 Å². The van der Waals surface area contributed by atoms with Gasteiger partial charge >= 0.3 is 0 Å². The van der Waals surface area contributed by atoms with Crippen molar-refractivity contribution in [1.82, 2.24) is 0 Å². The molecule has 2 heteroatoms. The van der Waals surface area contributed by atoms with E-state index in [1.54, 1.807) is 0 Å². The third kappa shape index (κ3) is 3.06. The van der Waals surface area contributed by atoms with Crippen LogP contribution in [0, 0.1) is 0 Å². The fourth-order valence-corrected chi connectivity index (χ4v) is 5.18. The van der Waals surface area contributed by atoms with Crippen LogP contribution in [0.2, 0.25) is 6.04 Å². The predicted molar refractivity (Wildman–Crippen MR) is 73.4 cm³/mol. The smallest absolute Gasteiger partial charge is 0.248 e. The summed E-state index contributed by atoms with van der Waals surface area (Å²) < 4.78 is 6.18. The molecule has 88 valence electrons. The summed E-state index contributed by atoms with van der Waals surface area (Å²) >= 11 is 0. The third-order valence-electron chi connectivity index (χ3n) is 2.78. The highest BCUT2D eigenvalue weighted by molar-refractivity contribution is 6.90. The third-order valence-corrected chi connectivity index (χ3v) is 6.71. The van der Waals surface area contributed by atoms with Crippen molar-refractivity contribution in [2.75, 3.05) is 6.61 Å². The highest BCUT2D eigenvalue weighted by Crippen LogP contribution is 2.16. The number of hydrogen-bond acceptors (Lipinski definition) is 1. The van der Waals surface area contributed by atoms with Gasteiger partial charge in [0.25, 0.3) is 0 Å². The second-order valence-corrected chi connectivity index (χ2v) is 7.61. The van der Waals surface area contributed by atoms with Gasteiger partial charge in [0.15, 0.2) is 0 Å². The van der Waals surface area contributed by atoms with Crippen LogP contribution in [0.15, 0.2) is 42.6 Å². The first-order valence-corrected chi connectivity index (χ1v) is 8.31. The number of benzene rings is 1. The van der Waals surface area contributed by atoms with Crippen LogP contribution in [-0.4, -0.2) is 14.9 Å². The fraction of sp³-hybridized carbons (Fsp3) is 0.429. The zero-order valence-electron chi connectivity index (χ0n) is 10.4. The van der Waals surface area contributed by atoms with Crippen LogP contribution in [0.25, 0.3) is 0 Å². The molecule has 0 radical (unpaired) electrons. The second-order valence-electron chi connectivity index (χ2n) is 4.06. The molecule has 0 N–H and O–H groups in total. The summed E-state index contributed by atoms with van der Waals surface area (Å²) in [6.07, 6.45) is 2.22. The summed E-state index contributed by atoms with van der Waals surface area (Å²) in [6.45, 7) is 9.22. The van der Waals surface area contributed by atoms with Crippen molar-refractivity contribution in [3.05, 3.63) is 42.6 Å². The molecule has 1 aromatic rings. The average Bonchev–Trinajstić information content (AvgIpc) is 2.36. The van der Waals surface area contributed by atoms with E-state index in [9.17, 15) is 0 Å². The zero-order chi connectivity index (χ0) is 11.9. The molecule has 0 heterocycles. The molecule has 0 aliphatic heterocycles. The predicted octanol–water partition coefficient (Wildman–Crippen LogP) is 3.40. The lowest BCUT2D eigenvalue weighted by Crippen LogP contribution is -2.49. The van der Waals surface area contributed by atoms with Crippen molar-refractivity contribution in [3.63, 3.8) is 0 Å². The monoisotopic (exact) mass is 234 g/mol. The first-order chi connectivity index (χ1) is 7.79. The summed E-state index contributed by atoms with van der Waals surface area (Å²) in [5.41, 5.74) is 2.08. The van der Waals surface area contributed by atoms with Gasteiger partial charge in [0.1, 0.15) is 0 Å². The number of rotatable bonds is 7. The van der Waals surface area contributed by atoms with Gasteiger partial charge in [0.2, 0.25) is 8.32 Å². The molecule has 1 nitrogen and oxygen atoms in total. The Labute approximate surface area is 100 Å². The van der Waals surface area contributed by atoms with Crippen LogP contribution in [0.4, 0.5) is 0 Å². The van der Waals surface area contributed by atoms with Crippen molar-refractivity contribution in [1.29, 1.82) is 0 Å². The molecule has 0 saturated carbocycles.